The summed E-state index contributed by atoms with van der Waals surface area (Å²) in [6.07, 6.45) is 0. The number of guanidine groups is 1. The maximum atomic E-state index is 13.0. The van der Waals surface area contributed by atoms with Crippen molar-refractivity contribution in [2.45, 2.75) is 18.4 Å². The number of nitrogens with one attached hydrogen (secondary N) is 2. The highest BCUT2D eigenvalue weighted by Crippen LogP contribution is 2.40. The van der Waals surface area contributed by atoms with Gasteiger partial charge < -0.3 is 5.32 Å². The van der Waals surface area contributed by atoms with Gasteiger partial charge in [-0.2, -0.15) is 10.5 Å². The quantitative estimate of drug-likeness (QED) is 0.874. The second-order valence-electron chi connectivity index (χ2n) is 6.43. The Morgan fingerprint density at radius 2 is 1.77 bits per heavy atom. The highest BCUT2D eigenvalue weighted by Gasteiger charge is 2.48. The van der Waals surface area contributed by atoms with Crippen LogP contribution in [0.25, 0.3) is 0 Å². The number of amides is 1. The molecule has 0 saturated carbocycles. The fourth-order valence-electron chi connectivity index (χ4n) is 3.33. The summed E-state index contributed by atoms with van der Waals surface area (Å²) >= 11 is 0. The molecule has 0 aromatic heterocycles. The maximum Gasteiger partial charge on any atom is 0.239 e. The molecule has 6 heteroatoms. The summed E-state index contributed by atoms with van der Waals surface area (Å²) in [7, 11) is 1.56. The Bertz CT molecular complexity index is 967. The van der Waals surface area contributed by atoms with E-state index in [2.05, 4.69) is 17.5 Å². The summed E-state index contributed by atoms with van der Waals surface area (Å²) < 4.78 is 0. The topological polar surface area (TPSA) is 104 Å². The SMILES string of the molecule is CN1C(=N)N[C@](C)(c2cccc(C#N)c2)[C@H](c2ccc(C#N)cc2)C1=O. The minimum atomic E-state index is -0.901. The van der Waals surface area contributed by atoms with Gasteiger partial charge in [0.15, 0.2) is 5.96 Å². The first-order valence-corrected chi connectivity index (χ1v) is 8.05. The first kappa shape index (κ1) is 17.2. The number of benzene rings is 2. The van der Waals surface area contributed by atoms with Crippen LogP contribution >= 0.6 is 0 Å². The largest absolute Gasteiger partial charge is 0.346 e. The van der Waals surface area contributed by atoms with Gasteiger partial charge in [-0.05, 0) is 42.3 Å². The van der Waals surface area contributed by atoms with Crippen molar-refractivity contribution in [3.8, 4) is 12.1 Å². The van der Waals surface area contributed by atoms with Gasteiger partial charge in [0.2, 0.25) is 5.91 Å². The minimum absolute atomic E-state index is 0.00440. The average molecular weight is 343 g/mol. The van der Waals surface area contributed by atoms with Crippen molar-refractivity contribution >= 4 is 11.9 Å². The summed E-state index contributed by atoms with van der Waals surface area (Å²) in [4.78, 5) is 14.3. The maximum absolute atomic E-state index is 13.0. The van der Waals surface area contributed by atoms with Crippen molar-refractivity contribution in [3.63, 3.8) is 0 Å². The fraction of sp³-hybridized carbons (Fsp3) is 0.200. The molecule has 1 saturated heterocycles. The van der Waals surface area contributed by atoms with Gasteiger partial charge in [0.25, 0.3) is 0 Å². The van der Waals surface area contributed by atoms with E-state index in [0.29, 0.717) is 11.1 Å². The van der Waals surface area contributed by atoms with Crippen molar-refractivity contribution in [1.29, 1.82) is 15.9 Å². The molecule has 0 bridgehead atoms. The molecule has 2 aromatic rings. The molecule has 3 rings (SSSR count). The molecule has 1 aliphatic rings. The molecule has 0 radical (unpaired) electrons. The summed E-state index contributed by atoms with van der Waals surface area (Å²) in [5, 5.41) is 29.5. The summed E-state index contributed by atoms with van der Waals surface area (Å²) in [6, 6.07) is 18.1. The van der Waals surface area contributed by atoms with Crippen molar-refractivity contribution in [2.24, 2.45) is 0 Å². The van der Waals surface area contributed by atoms with E-state index in [4.69, 9.17) is 10.7 Å². The van der Waals surface area contributed by atoms with Gasteiger partial charge in [-0.1, -0.05) is 24.3 Å². The molecule has 0 aliphatic carbocycles. The van der Waals surface area contributed by atoms with Crippen LogP contribution in [0.4, 0.5) is 0 Å². The Morgan fingerprint density at radius 3 is 2.38 bits per heavy atom. The lowest BCUT2D eigenvalue weighted by molar-refractivity contribution is -0.131. The van der Waals surface area contributed by atoms with E-state index < -0.39 is 11.5 Å². The van der Waals surface area contributed by atoms with Gasteiger partial charge in [0.05, 0.1) is 34.7 Å². The van der Waals surface area contributed by atoms with Crippen LogP contribution in [0.1, 0.15) is 35.1 Å². The number of hydrogen-bond acceptors (Lipinski definition) is 4. The number of hydrogen-bond donors (Lipinski definition) is 2. The van der Waals surface area contributed by atoms with Crippen molar-refractivity contribution in [3.05, 3.63) is 70.8 Å². The van der Waals surface area contributed by atoms with Gasteiger partial charge in [-0.25, -0.2) is 0 Å². The first-order valence-electron chi connectivity index (χ1n) is 8.05. The zero-order valence-electron chi connectivity index (χ0n) is 14.4. The third-order valence-electron chi connectivity index (χ3n) is 4.83. The predicted octanol–water partition coefficient (Wildman–Crippen LogP) is 2.43. The van der Waals surface area contributed by atoms with E-state index >= 15 is 0 Å². The zero-order chi connectivity index (χ0) is 18.9. The van der Waals surface area contributed by atoms with Crippen LogP contribution in [0.5, 0.6) is 0 Å². The zero-order valence-corrected chi connectivity index (χ0v) is 14.4. The first-order chi connectivity index (χ1) is 12.4. The fourth-order valence-corrected chi connectivity index (χ4v) is 3.33. The second kappa shape index (κ2) is 6.34. The molecular formula is C20H17N5O. The molecule has 1 amide bonds. The van der Waals surface area contributed by atoms with Crippen LogP contribution in [-0.4, -0.2) is 23.8 Å². The van der Waals surface area contributed by atoms with Crippen LogP contribution in [0.2, 0.25) is 0 Å². The lowest BCUT2D eigenvalue weighted by Gasteiger charge is -2.46. The van der Waals surface area contributed by atoms with E-state index in [0.717, 1.165) is 11.1 Å². The Hall–Kier alpha value is -3.64. The van der Waals surface area contributed by atoms with Gasteiger partial charge in [0.1, 0.15) is 0 Å². The van der Waals surface area contributed by atoms with E-state index in [1.165, 1.54) is 4.90 Å². The van der Waals surface area contributed by atoms with E-state index in [1.54, 1.807) is 49.5 Å². The number of carbonyl (C=O) groups excluding carboxylic acids is 1. The number of rotatable bonds is 2. The number of carbonyl (C=O) groups is 1. The van der Waals surface area contributed by atoms with E-state index in [9.17, 15) is 10.1 Å². The van der Waals surface area contributed by atoms with Gasteiger partial charge in [-0.3, -0.25) is 15.1 Å². The molecule has 0 spiro atoms. The average Bonchev–Trinajstić information content (AvgIpc) is 2.67. The Kier molecular flexibility index (Phi) is 4.19. The highest BCUT2D eigenvalue weighted by atomic mass is 16.2. The number of nitrogens with zero attached hydrogens (tertiary/aromatic N) is 3. The summed E-state index contributed by atoms with van der Waals surface area (Å²) in [5.74, 6) is -0.823. The van der Waals surface area contributed by atoms with Crippen LogP contribution in [0.15, 0.2) is 48.5 Å². The normalized spacial score (nSPS) is 22.3. The molecule has 2 N–H and O–H groups in total. The molecule has 1 aliphatic heterocycles. The predicted molar refractivity (Wildman–Crippen MR) is 96.0 cm³/mol. The third-order valence-corrected chi connectivity index (χ3v) is 4.83. The monoisotopic (exact) mass is 343 g/mol. The smallest absolute Gasteiger partial charge is 0.239 e. The molecule has 26 heavy (non-hydrogen) atoms. The van der Waals surface area contributed by atoms with Gasteiger partial charge >= 0.3 is 0 Å². The lowest BCUT2D eigenvalue weighted by atomic mass is 9.73. The van der Waals surface area contributed by atoms with Crippen molar-refractivity contribution < 1.29 is 4.79 Å². The lowest BCUT2D eigenvalue weighted by Crippen LogP contribution is -2.62. The van der Waals surface area contributed by atoms with Crippen molar-refractivity contribution in [1.82, 2.24) is 10.2 Å². The number of nitriles is 2. The highest BCUT2D eigenvalue weighted by molar-refractivity contribution is 6.02. The van der Waals surface area contributed by atoms with Crippen LogP contribution in [-0.2, 0) is 10.3 Å². The Labute approximate surface area is 151 Å². The van der Waals surface area contributed by atoms with Crippen molar-refractivity contribution in [2.75, 3.05) is 7.05 Å². The van der Waals surface area contributed by atoms with Gasteiger partial charge in [0, 0.05) is 7.05 Å². The van der Waals surface area contributed by atoms with E-state index in [-0.39, 0.29) is 11.9 Å². The van der Waals surface area contributed by atoms with Gasteiger partial charge in [-0.15, -0.1) is 0 Å². The minimum Gasteiger partial charge on any atom is -0.346 e. The third kappa shape index (κ3) is 2.68. The molecule has 0 unspecified atom stereocenters. The van der Waals surface area contributed by atoms with Crippen LogP contribution < -0.4 is 5.32 Å². The van der Waals surface area contributed by atoms with Crippen LogP contribution in [0.3, 0.4) is 0 Å². The molecule has 6 nitrogen and oxygen atoms in total. The molecule has 1 heterocycles. The second-order valence-corrected chi connectivity index (χ2v) is 6.43. The molecule has 128 valence electrons. The molecule has 2 atom stereocenters. The van der Waals surface area contributed by atoms with Crippen LogP contribution in [0, 0.1) is 28.1 Å². The Morgan fingerprint density at radius 1 is 1.12 bits per heavy atom. The molecular weight excluding hydrogens is 326 g/mol. The molecule has 1 fully saturated rings. The standard InChI is InChI=1S/C20H17N5O/c1-20(16-5-3-4-14(10-16)12-22)17(18(26)25(2)19(23)24-20)15-8-6-13(11-21)7-9-15/h3-10,17H,1-2H3,(H2,23,24)/t17-,20-/m1/s1. The number of likely N-dealkylation sites (N-methyl/N-ethyl adjacent to an activating group) is 1. The van der Waals surface area contributed by atoms with E-state index in [1.807, 2.05) is 13.0 Å². The molecule has 2 aromatic carbocycles. The summed E-state index contributed by atoms with van der Waals surface area (Å²) in [6.45, 7) is 1.85. The Balaban J connectivity index is 2.17. The summed E-state index contributed by atoms with van der Waals surface area (Å²) in [5.41, 5.74) is 1.59.